The van der Waals surface area contributed by atoms with Crippen molar-refractivity contribution in [3.8, 4) is 0 Å². The van der Waals surface area contributed by atoms with Crippen LogP contribution in [0.15, 0.2) is 30.3 Å². The van der Waals surface area contributed by atoms with Gasteiger partial charge in [-0.25, -0.2) is 0 Å². The summed E-state index contributed by atoms with van der Waals surface area (Å²) in [5.41, 5.74) is 1.49. The van der Waals surface area contributed by atoms with E-state index in [-0.39, 0.29) is 5.41 Å². The summed E-state index contributed by atoms with van der Waals surface area (Å²) in [5.74, 6) is 0. The molecule has 0 saturated heterocycles. The summed E-state index contributed by atoms with van der Waals surface area (Å²) in [6.45, 7) is 8.79. The lowest BCUT2D eigenvalue weighted by Gasteiger charge is -2.25. The quantitative estimate of drug-likeness (QED) is 0.631. The van der Waals surface area contributed by atoms with Crippen LogP contribution in [0.25, 0.3) is 0 Å². The molecule has 1 rings (SSSR count). The molecule has 0 amide bonds. The van der Waals surface area contributed by atoms with Crippen molar-refractivity contribution in [3.05, 3.63) is 35.9 Å². The fourth-order valence-corrected chi connectivity index (χ4v) is 1.99. The molecule has 0 saturated carbocycles. The third kappa shape index (κ3) is 8.31. The second-order valence-electron chi connectivity index (χ2n) is 6.01. The van der Waals surface area contributed by atoms with Crippen molar-refractivity contribution in [3.63, 3.8) is 0 Å². The van der Waals surface area contributed by atoms with Gasteiger partial charge in [-0.3, -0.25) is 0 Å². The van der Waals surface area contributed by atoms with Gasteiger partial charge in [-0.05, 0) is 18.4 Å². The van der Waals surface area contributed by atoms with Crippen LogP contribution in [-0.2, 0) is 16.0 Å². The van der Waals surface area contributed by atoms with Crippen molar-refractivity contribution < 1.29 is 9.47 Å². The first-order chi connectivity index (χ1) is 9.64. The summed E-state index contributed by atoms with van der Waals surface area (Å²) in [6, 6.07) is 10.5. The van der Waals surface area contributed by atoms with Crippen LogP contribution >= 0.6 is 0 Å². The Kier molecular flexibility index (Phi) is 8.51. The average Bonchev–Trinajstić information content (AvgIpc) is 2.44. The lowest BCUT2D eigenvalue weighted by molar-refractivity contribution is 0.0563. The first-order valence-corrected chi connectivity index (χ1v) is 7.45. The number of hydrogen-bond acceptors (Lipinski definition) is 3. The minimum absolute atomic E-state index is 0.163. The van der Waals surface area contributed by atoms with Crippen LogP contribution in [0, 0.1) is 5.41 Å². The molecule has 0 aromatic heterocycles. The number of rotatable bonds is 11. The van der Waals surface area contributed by atoms with Crippen molar-refractivity contribution in [2.24, 2.45) is 5.41 Å². The van der Waals surface area contributed by atoms with E-state index in [2.05, 4.69) is 43.4 Å². The molecule has 0 spiro atoms. The molecule has 3 heteroatoms. The van der Waals surface area contributed by atoms with Crippen molar-refractivity contribution >= 4 is 0 Å². The van der Waals surface area contributed by atoms with Gasteiger partial charge in [0.1, 0.15) is 0 Å². The van der Waals surface area contributed by atoms with E-state index in [1.54, 1.807) is 7.11 Å². The number of benzene rings is 1. The minimum Gasteiger partial charge on any atom is -0.385 e. The van der Waals surface area contributed by atoms with E-state index >= 15 is 0 Å². The number of hydrogen-bond donors (Lipinski definition) is 1. The molecule has 0 fully saturated rings. The number of ether oxygens (including phenoxy) is 2. The van der Waals surface area contributed by atoms with E-state index in [4.69, 9.17) is 9.47 Å². The topological polar surface area (TPSA) is 30.5 Å². The van der Waals surface area contributed by atoms with E-state index in [0.29, 0.717) is 0 Å². The first-order valence-electron chi connectivity index (χ1n) is 7.45. The zero-order valence-electron chi connectivity index (χ0n) is 13.2. The molecule has 1 N–H and O–H groups in total. The van der Waals surface area contributed by atoms with E-state index < -0.39 is 0 Å². The third-order valence-electron chi connectivity index (χ3n) is 3.16. The Morgan fingerprint density at radius 1 is 1.05 bits per heavy atom. The Hall–Kier alpha value is -0.900. The second kappa shape index (κ2) is 9.92. The van der Waals surface area contributed by atoms with E-state index in [9.17, 15) is 0 Å². The molecule has 0 heterocycles. The molecule has 0 atom stereocenters. The summed E-state index contributed by atoms with van der Waals surface area (Å²) in [5, 5.41) is 3.50. The normalized spacial score (nSPS) is 11.8. The highest BCUT2D eigenvalue weighted by molar-refractivity contribution is 5.14. The van der Waals surface area contributed by atoms with Crippen LogP contribution in [0.5, 0.6) is 0 Å². The molecule has 114 valence electrons. The molecule has 0 radical (unpaired) electrons. The predicted octanol–water partition coefficient (Wildman–Crippen LogP) is 3.25. The molecular formula is C17H29NO2. The second-order valence-corrected chi connectivity index (χ2v) is 6.01. The maximum absolute atomic E-state index is 5.75. The SMILES string of the molecule is COCCCCOCC(C)(C)CNCc1ccccc1. The van der Waals surface area contributed by atoms with E-state index in [0.717, 1.165) is 45.8 Å². The highest BCUT2D eigenvalue weighted by atomic mass is 16.5. The van der Waals surface area contributed by atoms with Gasteiger partial charge in [0, 0.05) is 38.8 Å². The van der Waals surface area contributed by atoms with Gasteiger partial charge < -0.3 is 14.8 Å². The molecule has 1 aromatic rings. The minimum atomic E-state index is 0.163. The standard InChI is InChI=1S/C17H29NO2/c1-17(2,15-20-12-8-7-11-19-3)14-18-13-16-9-5-4-6-10-16/h4-6,9-10,18H,7-8,11-15H2,1-3H3. The van der Waals surface area contributed by atoms with Crippen LogP contribution < -0.4 is 5.32 Å². The molecule has 0 bridgehead atoms. The van der Waals surface area contributed by atoms with Crippen LogP contribution in [0.3, 0.4) is 0 Å². The fourth-order valence-electron chi connectivity index (χ4n) is 1.99. The average molecular weight is 279 g/mol. The van der Waals surface area contributed by atoms with Gasteiger partial charge in [-0.15, -0.1) is 0 Å². The van der Waals surface area contributed by atoms with Gasteiger partial charge in [0.05, 0.1) is 6.61 Å². The van der Waals surface area contributed by atoms with Gasteiger partial charge in [-0.2, -0.15) is 0 Å². The van der Waals surface area contributed by atoms with E-state index in [1.807, 2.05) is 6.07 Å². The lowest BCUT2D eigenvalue weighted by atomic mass is 9.95. The van der Waals surface area contributed by atoms with Gasteiger partial charge in [0.15, 0.2) is 0 Å². The summed E-state index contributed by atoms with van der Waals surface area (Å²) in [4.78, 5) is 0. The summed E-state index contributed by atoms with van der Waals surface area (Å²) in [6.07, 6.45) is 2.14. The Balaban J connectivity index is 2.08. The van der Waals surface area contributed by atoms with Crippen LogP contribution in [0.4, 0.5) is 0 Å². The highest BCUT2D eigenvalue weighted by Gasteiger charge is 2.17. The highest BCUT2D eigenvalue weighted by Crippen LogP contribution is 2.14. The zero-order valence-corrected chi connectivity index (χ0v) is 13.2. The van der Waals surface area contributed by atoms with Crippen molar-refractivity contribution in [2.75, 3.05) is 33.5 Å². The Morgan fingerprint density at radius 2 is 1.75 bits per heavy atom. The molecule has 0 aliphatic rings. The predicted molar refractivity (Wildman–Crippen MR) is 83.9 cm³/mol. The van der Waals surface area contributed by atoms with Crippen LogP contribution in [0.1, 0.15) is 32.3 Å². The Morgan fingerprint density at radius 3 is 2.45 bits per heavy atom. The molecular weight excluding hydrogens is 250 g/mol. The number of methoxy groups -OCH3 is 1. The maximum Gasteiger partial charge on any atom is 0.0529 e. The molecule has 1 aromatic carbocycles. The molecule has 20 heavy (non-hydrogen) atoms. The van der Waals surface area contributed by atoms with Crippen molar-refractivity contribution in [2.45, 2.75) is 33.2 Å². The molecule has 0 aliphatic carbocycles. The van der Waals surface area contributed by atoms with Crippen LogP contribution in [-0.4, -0.2) is 33.5 Å². The Labute approximate surface area is 123 Å². The maximum atomic E-state index is 5.75. The number of nitrogens with one attached hydrogen (secondary N) is 1. The van der Waals surface area contributed by atoms with Crippen LogP contribution in [0.2, 0.25) is 0 Å². The lowest BCUT2D eigenvalue weighted by Crippen LogP contribution is -2.33. The number of unbranched alkanes of at least 4 members (excludes halogenated alkanes) is 1. The fraction of sp³-hybridized carbons (Fsp3) is 0.647. The molecule has 0 unspecified atom stereocenters. The van der Waals surface area contributed by atoms with Gasteiger partial charge in [0.2, 0.25) is 0 Å². The van der Waals surface area contributed by atoms with Gasteiger partial charge in [-0.1, -0.05) is 44.2 Å². The zero-order chi connectivity index (χ0) is 14.7. The summed E-state index contributed by atoms with van der Waals surface area (Å²) < 4.78 is 10.8. The smallest absolute Gasteiger partial charge is 0.0529 e. The van der Waals surface area contributed by atoms with Crippen molar-refractivity contribution in [1.29, 1.82) is 0 Å². The molecule has 0 aliphatic heterocycles. The van der Waals surface area contributed by atoms with Crippen molar-refractivity contribution in [1.82, 2.24) is 5.32 Å². The molecule has 3 nitrogen and oxygen atoms in total. The third-order valence-corrected chi connectivity index (χ3v) is 3.16. The van der Waals surface area contributed by atoms with Gasteiger partial charge >= 0.3 is 0 Å². The monoisotopic (exact) mass is 279 g/mol. The first kappa shape index (κ1) is 17.2. The summed E-state index contributed by atoms with van der Waals surface area (Å²) >= 11 is 0. The summed E-state index contributed by atoms with van der Waals surface area (Å²) in [7, 11) is 1.74. The van der Waals surface area contributed by atoms with E-state index in [1.165, 1.54) is 5.56 Å². The van der Waals surface area contributed by atoms with Gasteiger partial charge in [0.25, 0.3) is 0 Å². The Bertz CT molecular complexity index is 338. The largest absolute Gasteiger partial charge is 0.385 e.